The molecule has 1 atom stereocenters. The van der Waals surface area contributed by atoms with Crippen LogP contribution in [-0.2, 0) is 16.1 Å². The number of hydrogen-bond donors (Lipinski definition) is 2. The fourth-order valence-corrected chi connectivity index (χ4v) is 2.73. The summed E-state index contributed by atoms with van der Waals surface area (Å²) in [7, 11) is 0. The number of halogens is 2. The zero-order chi connectivity index (χ0) is 17.5. The molecular weight excluding hydrogens is 381 g/mol. The van der Waals surface area contributed by atoms with Gasteiger partial charge in [0.25, 0.3) is 0 Å². The second kappa shape index (κ2) is 8.44. The molecule has 0 bridgehead atoms. The summed E-state index contributed by atoms with van der Waals surface area (Å²) >= 11 is 3.18. The average Bonchev–Trinajstić information content (AvgIpc) is 2.53. The van der Waals surface area contributed by atoms with Gasteiger partial charge in [0.1, 0.15) is 12.4 Å². The predicted molar refractivity (Wildman–Crippen MR) is 88.9 cm³/mol. The lowest BCUT2D eigenvalue weighted by Gasteiger charge is -2.18. The molecule has 0 aliphatic carbocycles. The Kier molecular flexibility index (Phi) is 6.31. The van der Waals surface area contributed by atoms with Crippen molar-refractivity contribution in [2.75, 3.05) is 0 Å². The number of ether oxygens (including phenoxy) is 1. The monoisotopic (exact) mass is 395 g/mol. The van der Waals surface area contributed by atoms with Crippen molar-refractivity contribution in [3.05, 3.63) is 69.9 Å². The van der Waals surface area contributed by atoms with Crippen molar-refractivity contribution in [1.82, 2.24) is 5.32 Å². The van der Waals surface area contributed by atoms with Crippen LogP contribution in [0.15, 0.2) is 53.0 Å². The van der Waals surface area contributed by atoms with Crippen molar-refractivity contribution in [1.29, 1.82) is 0 Å². The van der Waals surface area contributed by atoms with Crippen molar-refractivity contribution in [2.45, 2.75) is 19.1 Å². The molecule has 0 fully saturated rings. The number of carboxylic acid groups (broad SMARTS) is 1. The van der Waals surface area contributed by atoms with E-state index in [9.17, 15) is 14.0 Å². The van der Waals surface area contributed by atoms with Crippen LogP contribution in [0.25, 0.3) is 0 Å². The van der Waals surface area contributed by atoms with Crippen molar-refractivity contribution < 1.29 is 23.8 Å². The van der Waals surface area contributed by atoms with Gasteiger partial charge in [-0.1, -0.05) is 52.3 Å². The Hall–Kier alpha value is -2.41. The van der Waals surface area contributed by atoms with Gasteiger partial charge < -0.3 is 15.2 Å². The van der Waals surface area contributed by atoms with Gasteiger partial charge in [-0.25, -0.2) is 9.18 Å². The van der Waals surface area contributed by atoms with E-state index in [2.05, 4.69) is 21.2 Å². The molecule has 24 heavy (non-hydrogen) atoms. The molecule has 0 saturated heterocycles. The fourth-order valence-electron chi connectivity index (χ4n) is 2.10. The van der Waals surface area contributed by atoms with E-state index >= 15 is 0 Å². The lowest BCUT2D eigenvalue weighted by Crippen LogP contribution is -2.31. The number of nitrogens with one attached hydrogen (secondary N) is 1. The SMILES string of the molecule is O=C(O)C[C@H](NC(=O)OCc1ccccc1)c1ccc(F)cc1Br. The Labute approximate surface area is 146 Å². The molecule has 0 aliphatic rings. The smallest absolute Gasteiger partial charge is 0.407 e. The van der Waals surface area contributed by atoms with Crippen LogP contribution in [0.2, 0.25) is 0 Å². The highest BCUT2D eigenvalue weighted by Crippen LogP contribution is 2.26. The predicted octanol–water partition coefficient (Wildman–Crippen LogP) is 4.03. The third-order valence-corrected chi connectivity index (χ3v) is 3.91. The lowest BCUT2D eigenvalue weighted by atomic mass is 10.0. The van der Waals surface area contributed by atoms with Crippen LogP contribution in [-0.4, -0.2) is 17.2 Å². The quantitative estimate of drug-likeness (QED) is 0.773. The number of alkyl carbamates (subject to hydrolysis) is 1. The van der Waals surface area contributed by atoms with Gasteiger partial charge in [0.05, 0.1) is 12.5 Å². The first-order chi connectivity index (χ1) is 11.5. The van der Waals surface area contributed by atoms with Gasteiger partial charge in [0, 0.05) is 4.47 Å². The number of amides is 1. The summed E-state index contributed by atoms with van der Waals surface area (Å²) in [6, 6.07) is 12.1. The summed E-state index contributed by atoms with van der Waals surface area (Å²) in [4.78, 5) is 23.0. The van der Waals surface area contributed by atoms with Gasteiger partial charge in [-0.15, -0.1) is 0 Å². The van der Waals surface area contributed by atoms with Crippen molar-refractivity contribution in [3.63, 3.8) is 0 Å². The molecule has 0 unspecified atom stereocenters. The minimum Gasteiger partial charge on any atom is -0.481 e. The Balaban J connectivity index is 2.05. The highest BCUT2D eigenvalue weighted by Gasteiger charge is 2.21. The van der Waals surface area contributed by atoms with Crippen LogP contribution in [0.3, 0.4) is 0 Å². The Morgan fingerprint density at radius 2 is 1.92 bits per heavy atom. The second-order valence-corrected chi connectivity index (χ2v) is 5.88. The number of carboxylic acids is 1. The van der Waals surface area contributed by atoms with Crippen LogP contribution >= 0.6 is 15.9 Å². The molecule has 0 saturated carbocycles. The van der Waals surface area contributed by atoms with Gasteiger partial charge in [-0.3, -0.25) is 4.79 Å². The van der Waals surface area contributed by atoms with E-state index in [1.165, 1.54) is 18.2 Å². The number of rotatable bonds is 6. The van der Waals surface area contributed by atoms with E-state index in [4.69, 9.17) is 9.84 Å². The molecule has 2 aromatic rings. The van der Waals surface area contributed by atoms with E-state index in [0.717, 1.165) is 5.56 Å². The van der Waals surface area contributed by atoms with E-state index in [1.54, 1.807) is 12.1 Å². The Morgan fingerprint density at radius 3 is 2.54 bits per heavy atom. The maximum atomic E-state index is 13.2. The molecule has 5 nitrogen and oxygen atoms in total. The number of hydrogen-bond acceptors (Lipinski definition) is 3. The number of aliphatic carboxylic acids is 1. The Bertz CT molecular complexity index is 724. The Morgan fingerprint density at radius 1 is 1.21 bits per heavy atom. The first kappa shape index (κ1) is 17.9. The molecule has 0 spiro atoms. The largest absolute Gasteiger partial charge is 0.481 e. The number of carbonyl (C=O) groups excluding carboxylic acids is 1. The average molecular weight is 396 g/mol. The molecule has 126 valence electrons. The third kappa shape index (κ3) is 5.34. The van der Waals surface area contributed by atoms with Crippen molar-refractivity contribution in [2.24, 2.45) is 0 Å². The molecule has 2 N–H and O–H groups in total. The van der Waals surface area contributed by atoms with Gasteiger partial charge >= 0.3 is 12.1 Å². The van der Waals surface area contributed by atoms with E-state index in [1.807, 2.05) is 18.2 Å². The minimum absolute atomic E-state index is 0.0665. The molecular formula is C17H15BrFNO4. The van der Waals surface area contributed by atoms with Gasteiger partial charge in [0.15, 0.2) is 0 Å². The molecule has 1 amide bonds. The van der Waals surface area contributed by atoms with Crippen LogP contribution in [0.4, 0.5) is 9.18 Å². The molecule has 0 heterocycles. The summed E-state index contributed by atoms with van der Waals surface area (Å²) in [5.41, 5.74) is 1.26. The fraction of sp³-hybridized carbons (Fsp3) is 0.176. The maximum absolute atomic E-state index is 13.2. The molecule has 0 aromatic heterocycles. The number of benzene rings is 2. The first-order valence-electron chi connectivity index (χ1n) is 7.09. The second-order valence-electron chi connectivity index (χ2n) is 5.02. The molecule has 7 heteroatoms. The molecule has 2 rings (SSSR count). The highest BCUT2D eigenvalue weighted by atomic mass is 79.9. The summed E-state index contributed by atoms with van der Waals surface area (Å²) in [5.74, 6) is -1.56. The van der Waals surface area contributed by atoms with Crippen molar-refractivity contribution >= 4 is 28.0 Å². The standard InChI is InChI=1S/C17H15BrFNO4/c18-14-8-12(19)6-7-13(14)15(9-16(21)22)20-17(23)24-10-11-4-2-1-3-5-11/h1-8,15H,9-10H2,(H,20,23)(H,21,22)/t15-/m0/s1. The van der Waals surface area contributed by atoms with E-state index < -0.39 is 23.9 Å². The number of carbonyl (C=O) groups is 2. The van der Waals surface area contributed by atoms with Gasteiger partial charge in [0.2, 0.25) is 0 Å². The normalized spacial score (nSPS) is 11.6. The first-order valence-corrected chi connectivity index (χ1v) is 7.89. The van der Waals surface area contributed by atoms with Crippen molar-refractivity contribution in [3.8, 4) is 0 Å². The lowest BCUT2D eigenvalue weighted by molar-refractivity contribution is -0.137. The zero-order valence-electron chi connectivity index (χ0n) is 12.5. The van der Waals surface area contributed by atoms with E-state index in [-0.39, 0.29) is 13.0 Å². The van der Waals surface area contributed by atoms with Gasteiger partial charge in [-0.2, -0.15) is 0 Å². The zero-order valence-corrected chi connectivity index (χ0v) is 14.1. The molecule has 2 aromatic carbocycles. The maximum Gasteiger partial charge on any atom is 0.407 e. The van der Waals surface area contributed by atoms with Crippen LogP contribution in [0, 0.1) is 5.82 Å². The van der Waals surface area contributed by atoms with Crippen LogP contribution in [0.5, 0.6) is 0 Å². The molecule has 0 aliphatic heterocycles. The van der Waals surface area contributed by atoms with Crippen LogP contribution in [0.1, 0.15) is 23.6 Å². The summed E-state index contributed by atoms with van der Waals surface area (Å²) in [6.07, 6.45) is -1.11. The topological polar surface area (TPSA) is 75.6 Å². The minimum atomic E-state index is -1.10. The summed E-state index contributed by atoms with van der Waals surface area (Å²) < 4.78 is 18.7. The highest BCUT2D eigenvalue weighted by molar-refractivity contribution is 9.10. The van der Waals surface area contributed by atoms with Crippen LogP contribution < -0.4 is 5.32 Å². The van der Waals surface area contributed by atoms with Gasteiger partial charge in [-0.05, 0) is 23.3 Å². The summed E-state index contributed by atoms with van der Waals surface area (Å²) in [5, 5.41) is 11.5. The molecule has 0 radical (unpaired) electrons. The van der Waals surface area contributed by atoms with E-state index in [0.29, 0.717) is 10.0 Å². The summed E-state index contributed by atoms with van der Waals surface area (Å²) in [6.45, 7) is 0.0665. The third-order valence-electron chi connectivity index (χ3n) is 3.22.